The van der Waals surface area contributed by atoms with Crippen LogP contribution in [-0.2, 0) is 12.5 Å². The number of benzene rings is 2. The van der Waals surface area contributed by atoms with Gasteiger partial charge in [0, 0.05) is 85.8 Å². The number of aromatic nitrogens is 3. The second kappa shape index (κ2) is 13.6. The molecule has 3 heterocycles. The minimum absolute atomic E-state index is 0.0492. The molecule has 0 bridgehead atoms. The lowest BCUT2D eigenvalue weighted by atomic mass is 9.91. The number of anilines is 3. The van der Waals surface area contributed by atoms with Crippen LogP contribution in [0.2, 0.25) is 0 Å². The Morgan fingerprint density at radius 1 is 0.957 bits per heavy atom. The minimum Gasteiger partial charge on any atom is -0.395 e. The van der Waals surface area contributed by atoms with Crippen LogP contribution in [0.15, 0.2) is 71.8 Å². The molecule has 46 heavy (non-hydrogen) atoms. The quantitative estimate of drug-likeness (QED) is 0.266. The lowest BCUT2D eigenvalue weighted by Crippen LogP contribution is -2.49. The maximum absolute atomic E-state index is 13.1. The molecule has 1 aliphatic heterocycles. The third-order valence-electron chi connectivity index (χ3n) is 8.19. The summed E-state index contributed by atoms with van der Waals surface area (Å²) in [5.74, 6) is -0.181. The number of carbonyl (C=O) groups excluding carboxylic acids is 2. The summed E-state index contributed by atoms with van der Waals surface area (Å²) in [7, 11) is 1.66. The average Bonchev–Trinajstić information content (AvgIpc) is 3.04. The minimum atomic E-state index is -0.307. The molecule has 1 fully saturated rings. The third-order valence-corrected chi connectivity index (χ3v) is 8.19. The van der Waals surface area contributed by atoms with Crippen molar-refractivity contribution in [2.24, 2.45) is 7.05 Å². The van der Waals surface area contributed by atoms with Crippen molar-refractivity contribution in [1.82, 2.24) is 24.3 Å². The molecule has 11 nitrogen and oxygen atoms in total. The number of hydrogen-bond donors (Lipinski definition) is 3. The van der Waals surface area contributed by atoms with Gasteiger partial charge >= 0.3 is 0 Å². The van der Waals surface area contributed by atoms with Crippen LogP contribution in [0.3, 0.4) is 0 Å². The molecule has 0 radical (unpaired) electrons. The van der Waals surface area contributed by atoms with E-state index in [9.17, 15) is 14.4 Å². The Hall–Kier alpha value is -4.87. The van der Waals surface area contributed by atoms with Crippen molar-refractivity contribution in [3.63, 3.8) is 0 Å². The number of nitrogens with one attached hydrogen (secondary N) is 2. The van der Waals surface area contributed by atoms with E-state index in [1.165, 1.54) is 4.57 Å². The van der Waals surface area contributed by atoms with Crippen LogP contribution in [0.25, 0.3) is 11.3 Å². The van der Waals surface area contributed by atoms with Gasteiger partial charge in [-0.1, -0.05) is 32.9 Å². The zero-order valence-corrected chi connectivity index (χ0v) is 27.0. The fourth-order valence-electron chi connectivity index (χ4n) is 5.36. The van der Waals surface area contributed by atoms with Crippen LogP contribution < -0.4 is 16.2 Å². The fourth-order valence-corrected chi connectivity index (χ4v) is 5.36. The van der Waals surface area contributed by atoms with E-state index in [1.54, 1.807) is 49.8 Å². The van der Waals surface area contributed by atoms with E-state index in [-0.39, 0.29) is 35.2 Å². The van der Waals surface area contributed by atoms with Crippen LogP contribution in [-0.4, -0.2) is 80.6 Å². The molecule has 11 heteroatoms. The number of carbonyl (C=O) groups is 2. The van der Waals surface area contributed by atoms with Gasteiger partial charge in [-0.25, -0.2) is 4.98 Å². The van der Waals surface area contributed by atoms with Gasteiger partial charge in [-0.2, -0.15) is 0 Å². The molecular weight excluding hydrogens is 582 g/mol. The van der Waals surface area contributed by atoms with Gasteiger partial charge in [-0.05, 0) is 55.0 Å². The summed E-state index contributed by atoms with van der Waals surface area (Å²) in [6.07, 6.45) is 3.25. The molecule has 4 aromatic rings. The van der Waals surface area contributed by atoms with Gasteiger partial charge in [-0.3, -0.25) is 24.3 Å². The van der Waals surface area contributed by atoms with Gasteiger partial charge < -0.3 is 25.2 Å². The smallest absolute Gasteiger partial charge is 0.293 e. The second-order valence-electron chi connectivity index (χ2n) is 12.6. The van der Waals surface area contributed by atoms with E-state index in [0.29, 0.717) is 47.8 Å². The molecular formula is C35H41N7O4. The van der Waals surface area contributed by atoms with Crippen molar-refractivity contribution in [1.29, 1.82) is 0 Å². The number of amides is 2. The van der Waals surface area contributed by atoms with E-state index in [2.05, 4.69) is 46.3 Å². The molecule has 3 N–H and O–H groups in total. The van der Waals surface area contributed by atoms with Crippen molar-refractivity contribution in [2.75, 3.05) is 50.0 Å². The van der Waals surface area contributed by atoms with E-state index in [0.717, 1.165) is 29.9 Å². The van der Waals surface area contributed by atoms with E-state index in [4.69, 9.17) is 5.11 Å². The van der Waals surface area contributed by atoms with E-state index < -0.39 is 0 Å². The van der Waals surface area contributed by atoms with Crippen LogP contribution in [0.4, 0.5) is 17.2 Å². The van der Waals surface area contributed by atoms with Gasteiger partial charge in [0.2, 0.25) is 0 Å². The van der Waals surface area contributed by atoms with E-state index >= 15 is 0 Å². The first-order valence-electron chi connectivity index (χ1n) is 15.4. The van der Waals surface area contributed by atoms with Crippen molar-refractivity contribution < 1.29 is 14.7 Å². The number of piperazine rings is 1. The molecule has 0 unspecified atom stereocenters. The molecule has 1 saturated heterocycles. The lowest BCUT2D eigenvalue weighted by Gasteiger charge is -2.34. The van der Waals surface area contributed by atoms with Crippen molar-refractivity contribution in [2.45, 2.75) is 33.1 Å². The van der Waals surface area contributed by atoms with Crippen LogP contribution in [0.5, 0.6) is 0 Å². The van der Waals surface area contributed by atoms with Gasteiger partial charge in [0.1, 0.15) is 0 Å². The highest BCUT2D eigenvalue weighted by Crippen LogP contribution is 2.28. The zero-order valence-electron chi connectivity index (χ0n) is 27.0. The predicted molar refractivity (Wildman–Crippen MR) is 180 cm³/mol. The molecule has 0 spiro atoms. The number of rotatable bonds is 8. The standard InChI is InChI=1S/C35H41N7O4/c1-23-27(7-6-8-28(23)39-32(44)25-11-14-30(36-21-25)35(2,3)4)29-22-40(5)34(46)31(38-29)37-26-12-9-24(10-13-26)33(45)42-17-15-41(16-18-42)19-20-43/h6-14,21-22,43H,15-20H2,1-5H3,(H,37,38)(H,39,44). The normalized spacial score (nSPS) is 13.8. The molecule has 0 atom stereocenters. The summed E-state index contributed by atoms with van der Waals surface area (Å²) in [6.45, 7) is 11.5. The highest BCUT2D eigenvalue weighted by atomic mass is 16.3. The number of β-amino-alcohol motifs (C(OH)–C–C–N with tert-alkyl or cyclic N) is 1. The lowest BCUT2D eigenvalue weighted by molar-refractivity contribution is 0.0615. The van der Waals surface area contributed by atoms with Crippen molar-refractivity contribution in [3.05, 3.63) is 99.7 Å². The first kappa shape index (κ1) is 32.5. The number of aryl methyl sites for hydroxylation is 1. The Bertz CT molecular complexity index is 1770. The molecule has 0 aliphatic carbocycles. The Labute approximate surface area is 268 Å². The summed E-state index contributed by atoms with van der Waals surface area (Å²) in [5.41, 5.74) is 4.86. The first-order valence-corrected chi connectivity index (χ1v) is 15.4. The zero-order chi connectivity index (χ0) is 33.0. The topological polar surface area (TPSA) is 133 Å². The summed E-state index contributed by atoms with van der Waals surface area (Å²) < 4.78 is 1.46. The SMILES string of the molecule is Cc1c(NC(=O)c2ccc(C(C)(C)C)nc2)cccc1-c1cn(C)c(=O)c(Nc2ccc(C(=O)N3CCN(CCO)CC3)cc2)n1. The average molecular weight is 624 g/mol. The maximum atomic E-state index is 13.1. The van der Waals surface area contributed by atoms with Gasteiger partial charge in [0.15, 0.2) is 5.82 Å². The van der Waals surface area contributed by atoms with Crippen molar-refractivity contribution in [3.8, 4) is 11.3 Å². The summed E-state index contributed by atoms with van der Waals surface area (Å²) in [6, 6.07) is 16.2. The number of hydrogen-bond acceptors (Lipinski definition) is 8. The van der Waals surface area contributed by atoms with Crippen LogP contribution >= 0.6 is 0 Å². The first-order chi connectivity index (χ1) is 21.9. The van der Waals surface area contributed by atoms with E-state index in [1.807, 2.05) is 36.1 Å². The monoisotopic (exact) mass is 623 g/mol. The highest BCUT2D eigenvalue weighted by Gasteiger charge is 2.22. The molecule has 5 rings (SSSR count). The second-order valence-corrected chi connectivity index (χ2v) is 12.6. The van der Waals surface area contributed by atoms with Gasteiger partial charge in [0.25, 0.3) is 17.4 Å². The molecule has 2 aromatic carbocycles. The third kappa shape index (κ3) is 7.32. The Balaban J connectivity index is 1.31. The summed E-state index contributed by atoms with van der Waals surface area (Å²) >= 11 is 0. The number of aliphatic hydroxyl groups excluding tert-OH is 1. The molecule has 240 valence electrons. The number of nitrogens with zero attached hydrogens (tertiary/aromatic N) is 5. The number of pyridine rings is 1. The number of aliphatic hydroxyl groups is 1. The Kier molecular flexibility index (Phi) is 9.64. The van der Waals surface area contributed by atoms with Gasteiger partial charge in [0.05, 0.1) is 17.9 Å². The predicted octanol–water partition coefficient (Wildman–Crippen LogP) is 4.19. The fraction of sp³-hybridized carbons (Fsp3) is 0.343. The Morgan fingerprint density at radius 2 is 1.65 bits per heavy atom. The highest BCUT2D eigenvalue weighted by molar-refractivity contribution is 6.05. The maximum Gasteiger partial charge on any atom is 0.293 e. The Morgan fingerprint density at radius 3 is 2.28 bits per heavy atom. The molecule has 2 aromatic heterocycles. The van der Waals surface area contributed by atoms with Crippen LogP contribution in [0.1, 0.15) is 52.7 Å². The largest absolute Gasteiger partial charge is 0.395 e. The van der Waals surface area contributed by atoms with Gasteiger partial charge in [-0.15, -0.1) is 0 Å². The summed E-state index contributed by atoms with van der Waals surface area (Å²) in [4.78, 5) is 52.2. The molecule has 2 amide bonds. The van der Waals surface area contributed by atoms with Crippen molar-refractivity contribution >= 4 is 29.0 Å². The molecule has 1 aliphatic rings. The van der Waals surface area contributed by atoms with Crippen LogP contribution in [0, 0.1) is 6.92 Å². The molecule has 0 saturated carbocycles. The summed E-state index contributed by atoms with van der Waals surface area (Å²) in [5, 5.41) is 15.3.